The normalized spacial score (nSPS) is 10.7. The van der Waals surface area contributed by atoms with Gasteiger partial charge in [-0.25, -0.2) is 15.0 Å². The smallest absolute Gasteiger partial charge is 0.277 e. The van der Waals surface area contributed by atoms with Crippen LogP contribution in [0.1, 0.15) is 25.2 Å². The Morgan fingerprint density at radius 2 is 1.96 bits per heavy atom. The van der Waals surface area contributed by atoms with Gasteiger partial charge in [0.05, 0.1) is 0 Å². The first-order valence-corrected chi connectivity index (χ1v) is 8.94. The molecule has 3 rings (SSSR count). The van der Waals surface area contributed by atoms with Gasteiger partial charge in [0.15, 0.2) is 5.82 Å². The van der Waals surface area contributed by atoms with Crippen molar-refractivity contribution >= 4 is 34.9 Å². The van der Waals surface area contributed by atoms with Crippen LogP contribution in [0.15, 0.2) is 45.1 Å². The molecule has 0 radical (unpaired) electrons. The average Bonchev–Trinajstić information content (AvgIpc) is 3.03. The van der Waals surface area contributed by atoms with Crippen LogP contribution in [0.25, 0.3) is 11.5 Å². The highest BCUT2D eigenvalue weighted by Crippen LogP contribution is 2.28. The highest BCUT2D eigenvalue weighted by atomic mass is 35.5. The maximum Gasteiger partial charge on any atom is 0.277 e. The van der Waals surface area contributed by atoms with Gasteiger partial charge in [-0.15, -0.1) is 10.2 Å². The van der Waals surface area contributed by atoms with Crippen molar-refractivity contribution in [1.82, 2.24) is 20.2 Å². The minimum atomic E-state index is 0.460. The first-order chi connectivity index (χ1) is 12.0. The molecule has 0 saturated carbocycles. The minimum Gasteiger partial charge on any atom is -0.411 e. The molecule has 128 valence electrons. The number of benzene rings is 1. The van der Waals surface area contributed by atoms with Gasteiger partial charge < -0.3 is 4.42 Å². The van der Waals surface area contributed by atoms with Crippen LogP contribution in [0.3, 0.4) is 0 Å². The summed E-state index contributed by atoms with van der Waals surface area (Å²) < 4.78 is 5.70. The molecule has 8 heteroatoms. The van der Waals surface area contributed by atoms with Crippen LogP contribution in [-0.2, 0) is 5.75 Å². The monoisotopic (exact) mass is 373 g/mol. The topological polar surface area (TPSA) is 77.1 Å². The number of halogens is 1. The van der Waals surface area contributed by atoms with E-state index in [0.717, 1.165) is 16.8 Å². The molecule has 0 amide bonds. The Labute approximate surface area is 154 Å². The third-order valence-corrected chi connectivity index (χ3v) is 4.26. The van der Waals surface area contributed by atoms with Crippen molar-refractivity contribution in [3.8, 4) is 11.5 Å². The van der Waals surface area contributed by atoms with E-state index in [2.05, 4.69) is 25.2 Å². The van der Waals surface area contributed by atoms with Gasteiger partial charge in [-0.3, -0.25) is 0 Å². The Balaban J connectivity index is 1.75. The van der Waals surface area contributed by atoms with Gasteiger partial charge in [0.25, 0.3) is 5.22 Å². The van der Waals surface area contributed by atoms with Crippen LogP contribution in [0.2, 0.25) is 5.02 Å². The highest BCUT2D eigenvalue weighted by molar-refractivity contribution is 7.98. The zero-order chi connectivity index (χ0) is 17.8. The summed E-state index contributed by atoms with van der Waals surface area (Å²) in [6.45, 7) is 5.72. The predicted octanol–water partition coefficient (Wildman–Crippen LogP) is 4.89. The molecular formula is C17H16ClN5OS. The predicted molar refractivity (Wildman–Crippen MR) is 99.5 cm³/mol. The molecule has 0 saturated heterocycles. The zero-order valence-electron chi connectivity index (χ0n) is 14.0. The van der Waals surface area contributed by atoms with Gasteiger partial charge in [-0.05, 0) is 45.0 Å². The first kappa shape index (κ1) is 17.6. The molecular weight excluding hydrogens is 358 g/mol. The lowest BCUT2D eigenvalue weighted by Gasteiger charge is -2.04. The van der Waals surface area contributed by atoms with Crippen LogP contribution in [0.5, 0.6) is 0 Å². The summed E-state index contributed by atoms with van der Waals surface area (Å²) in [6, 6.07) is 7.26. The fourth-order valence-electron chi connectivity index (χ4n) is 2.01. The lowest BCUT2D eigenvalue weighted by molar-refractivity contribution is 0.466. The van der Waals surface area contributed by atoms with Crippen LogP contribution in [0.4, 0.5) is 5.82 Å². The molecule has 6 nitrogen and oxygen atoms in total. The van der Waals surface area contributed by atoms with E-state index >= 15 is 0 Å². The largest absolute Gasteiger partial charge is 0.411 e. The van der Waals surface area contributed by atoms with Crippen molar-refractivity contribution in [1.29, 1.82) is 0 Å². The molecule has 2 aromatic heterocycles. The highest BCUT2D eigenvalue weighted by Gasteiger charge is 2.11. The Kier molecular flexibility index (Phi) is 5.45. The molecule has 1 aromatic carbocycles. The molecule has 0 fully saturated rings. The summed E-state index contributed by atoms with van der Waals surface area (Å²) in [7, 11) is 0. The fraction of sp³-hybridized carbons (Fsp3) is 0.235. The Bertz CT molecular complexity index is 904. The lowest BCUT2D eigenvalue weighted by Crippen LogP contribution is -1.94. The third kappa shape index (κ3) is 4.64. The van der Waals surface area contributed by atoms with E-state index in [1.807, 2.05) is 32.9 Å². The van der Waals surface area contributed by atoms with Crippen LogP contribution >= 0.6 is 23.4 Å². The molecule has 0 aliphatic heterocycles. The van der Waals surface area contributed by atoms with Gasteiger partial charge >= 0.3 is 0 Å². The maximum absolute atomic E-state index is 5.89. The molecule has 0 aliphatic carbocycles. The van der Waals surface area contributed by atoms with Crippen molar-refractivity contribution in [2.24, 2.45) is 4.99 Å². The minimum absolute atomic E-state index is 0.460. The summed E-state index contributed by atoms with van der Waals surface area (Å²) in [5.74, 6) is 2.42. The molecule has 0 N–H and O–H groups in total. The fourth-order valence-corrected chi connectivity index (χ4v) is 2.86. The van der Waals surface area contributed by atoms with E-state index in [4.69, 9.17) is 16.0 Å². The van der Waals surface area contributed by atoms with Gasteiger partial charge in [-0.1, -0.05) is 23.4 Å². The summed E-state index contributed by atoms with van der Waals surface area (Å²) in [5.41, 5.74) is 2.68. The average molecular weight is 374 g/mol. The molecule has 0 bridgehead atoms. The molecule has 3 aromatic rings. The number of aromatic nitrogens is 4. The SMILES string of the molecule is CC(C)=Nc1nc(C)ncc1CSc1nnc(-c2ccc(Cl)cc2)o1. The van der Waals surface area contributed by atoms with Gasteiger partial charge in [0, 0.05) is 33.8 Å². The van der Waals surface area contributed by atoms with Crippen molar-refractivity contribution in [2.75, 3.05) is 0 Å². The summed E-state index contributed by atoms with van der Waals surface area (Å²) in [5, 5.41) is 9.29. The van der Waals surface area contributed by atoms with E-state index in [9.17, 15) is 0 Å². The number of hydrogen-bond acceptors (Lipinski definition) is 7. The standard InChI is InChI=1S/C17H16ClN5OS/c1-10(2)20-15-13(8-19-11(3)21-15)9-25-17-23-22-16(24-17)12-4-6-14(18)7-5-12/h4-8H,9H2,1-3H3. The number of hydrogen-bond donors (Lipinski definition) is 0. The van der Waals surface area contributed by atoms with Crippen molar-refractivity contribution < 1.29 is 4.42 Å². The van der Waals surface area contributed by atoms with E-state index in [0.29, 0.717) is 33.5 Å². The van der Waals surface area contributed by atoms with Crippen molar-refractivity contribution in [2.45, 2.75) is 31.7 Å². The Hall–Kier alpha value is -2.25. The van der Waals surface area contributed by atoms with Crippen molar-refractivity contribution in [3.05, 3.63) is 46.9 Å². The number of thioether (sulfide) groups is 1. The molecule has 0 aliphatic rings. The first-order valence-electron chi connectivity index (χ1n) is 7.58. The number of aliphatic imine (C=N–C) groups is 1. The molecule has 0 unspecified atom stereocenters. The zero-order valence-corrected chi connectivity index (χ0v) is 15.6. The molecule has 0 atom stereocenters. The quantitative estimate of drug-likeness (QED) is 0.468. The van der Waals surface area contributed by atoms with E-state index in [-0.39, 0.29) is 0 Å². The second-order valence-electron chi connectivity index (χ2n) is 5.49. The van der Waals surface area contributed by atoms with Crippen LogP contribution in [-0.4, -0.2) is 25.9 Å². The number of aryl methyl sites for hydroxylation is 1. The molecule has 2 heterocycles. The second-order valence-corrected chi connectivity index (χ2v) is 6.86. The lowest BCUT2D eigenvalue weighted by atomic mass is 10.2. The van der Waals surface area contributed by atoms with Crippen LogP contribution < -0.4 is 0 Å². The van der Waals surface area contributed by atoms with Crippen LogP contribution in [0, 0.1) is 6.92 Å². The number of rotatable bonds is 5. The van der Waals surface area contributed by atoms with E-state index in [1.165, 1.54) is 11.8 Å². The molecule has 25 heavy (non-hydrogen) atoms. The van der Waals surface area contributed by atoms with Gasteiger partial charge in [-0.2, -0.15) is 0 Å². The Morgan fingerprint density at radius 1 is 1.20 bits per heavy atom. The van der Waals surface area contributed by atoms with E-state index < -0.39 is 0 Å². The van der Waals surface area contributed by atoms with Gasteiger partial charge in [0.2, 0.25) is 5.89 Å². The summed E-state index contributed by atoms with van der Waals surface area (Å²) in [6.07, 6.45) is 1.79. The second kappa shape index (κ2) is 7.76. The third-order valence-electron chi connectivity index (χ3n) is 3.14. The number of nitrogens with zero attached hydrogens (tertiary/aromatic N) is 5. The maximum atomic E-state index is 5.89. The van der Waals surface area contributed by atoms with Gasteiger partial charge in [0.1, 0.15) is 5.82 Å². The Morgan fingerprint density at radius 3 is 2.68 bits per heavy atom. The summed E-state index contributed by atoms with van der Waals surface area (Å²) >= 11 is 7.31. The summed E-state index contributed by atoms with van der Waals surface area (Å²) in [4.78, 5) is 13.1. The van der Waals surface area contributed by atoms with Crippen molar-refractivity contribution in [3.63, 3.8) is 0 Å². The van der Waals surface area contributed by atoms with E-state index in [1.54, 1.807) is 18.3 Å². The molecule has 0 spiro atoms.